The first-order valence-electron chi connectivity index (χ1n) is 33.4. The van der Waals surface area contributed by atoms with Crippen LogP contribution in [0.1, 0.15) is 156 Å². The first kappa shape index (κ1) is 72.2. The first-order valence-corrected chi connectivity index (χ1v) is 33.4. The van der Waals surface area contributed by atoms with Crippen molar-refractivity contribution in [3.05, 3.63) is 150 Å². The Labute approximate surface area is 537 Å². The van der Waals surface area contributed by atoms with Crippen LogP contribution in [0, 0.1) is 5.92 Å². The van der Waals surface area contributed by atoms with Gasteiger partial charge in [0.2, 0.25) is 0 Å². The van der Waals surface area contributed by atoms with Crippen LogP contribution in [0.15, 0.2) is 133 Å². The molecule has 3 N–H and O–H groups in total. The van der Waals surface area contributed by atoms with Gasteiger partial charge in [-0.15, -0.1) is 0 Å². The lowest BCUT2D eigenvalue weighted by Gasteiger charge is -2.40. The molecule has 17 heteroatoms. The molecule has 3 fully saturated rings. The van der Waals surface area contributed by atoms with Gasteiger partial charge < -0.3 is 54.8 Å². The molecular weight excluding hydrogens is 1140 g/mol. The molecule has 5 aromatic carbocycles. The van der Waals surface area contributed by atoms with Gasteiger partial charge in [-0.3, -0.25) is 0 Å². The predicted octanol–water partition coefficient (Wildman–Crippen LogP) is 17.0. The Balaban J connectivity index is 0.000000215. The predicted molar refractivity (Wildman–Crippen MR) is 362 cm³/mol. The summed E-state index contributed by atoms with van der Waals surface area (Å²) >= 11 is 0. The molecule has 2 atom stereocenters. The molecule has 8 rings (SSSR count). The van der Waals surface area contributed by atoms with E-state index in [2.05, 4.69) is 103 Å². The van der Waals surface area contributed by atoms with Gasteiger partial charge in [-0.2, -0.15) is 13.2 Å². The van der Waals surface area contributed by atoms with Crippen LogP contribution in [0.4, 0.5) is 44.6 Å². The van der Waals surface area contributed by atoms with E-state index in [4.69, 9.17) is 9.47 Å². The summed E-state index contributed by atoms with van der Waals surface area (Å²) in [6.45, 7) is 28.5. The van der Waals surface area contributed by atoms with Gasteiger partial charge in [-0.1, -0.05) is 126 Å². The average Bonchev–Trinajstić information content (AvgIpc) is 1.41. The quantitative estimate of drug-likeness (QED) is 0.0558. The normalized spacial score (nSPS) is 16.2. The molecule has 0 aromatic heterocycles. The molecule has 6 amide bonds. The number of methoxy groups -OCH3 is 1. The Kier molecular flexibility index (Phi) is 30.1. The number of benzene rings is 5. The van der Waals surface area contributed by atoms with Crippen molar-refractivity contribution < 1.29 is 37.0 Å². The van der Waals surface area contributed by atoms with Crippen LogP contribution in [-0.2, 0) is 19.3 Å². The zero-order chi connectivity index (χ0) is 65.0. The van der Waals surface area contributed by atoms with E-state index in [1.54, 1.807) is 7.11 Å². The number of carbonyl (C=O) groups is 3. The highest BCUT2D eigenvalue weighted by molar-refractivity contribution is 5.91. The number of hydrogen-bond acceptors (Lipinski definition) is 8. The largest absolute Gasteiger partial charge is 0.497 e. The fraction of sp³-hybridized carbons (Fsp3) is 0.548. The van der Waals surface area contributed by atoms with E-state index in [0.717, 1.165) is 143 Å². The molecule has 0 aliphatic carbocycles. The lowest BCUT2D eigenvalue weighted by Crippen LogP contribution is -2.50. The minimum Gasteiger partial charge on any atom is -0.497 e. The number of nitrogens with one attached hydrogen (secondary N) is 3. The zero-order valence-electron chi connectivity index (χ0n) is 55.7. The van der Waals surface area contributed by atoms with Crippen molar-refractivity contribution in [2.75, 3.05) is 75.4 Å². The van der Waals surface area contributed by atoms with Crippen LogP contribution >= 0.6 is 0 Å². The first-order chi connectivity index (χ1) is 43.3. The standard InChI is InChI=1S/C27H39N3O2.C25H35N3O2.C21H32F3N3O/c1-5-10-22(4)29-17-15-25(16-18-29)30(20-23-11-7-6-8-12-23)27(31)28-24-13-9-14-26(19-24)32-21(2)3;1-4-9-20(2)27-16-14-23(15-17-27)28(19-21-10-6-5-7-11-21)25(29)26-22-12-8-13-24(18-22)30-3;1-4-11-26-12-9-19(10-13-26)27(14-8-16(2)3)20(28)25-18-7-5-6-17(15-18)21(22,23)24/h6-9,11-14,19,21-22,25H,5,10,15-18,20H2,1-4H3,(H,28,31);5-8,10-13,18,20,23H,4,9,14-17,19H2,1-3H3,(H,26,29);5-7,15-16,19H,4,8-14H2,1-3H3,(H,25,28). The minimum absolute atomic E-state index is 0.0457. The van der Waals surface area contributed by atoms with Gasteiger partial charge in [0.1, 0.15) is 11.5 Å². The van der Waals surface area contributed by atoms with Gasteiger partial charge in [-0.05, 0) is 158 Å². The monoisotopic (exact) mass is 1250 g/mol. The Morgan fingerprint density at radius 3 is 1.34 bits per heavy atom. The lowest BCUT2D eigenvalue weighted by atomic mass is 10.00. The summed E-state index contributed by atoms with van der Waals surface area (Å²) in [5.74, 6) is 1.95. The van der Waals surface area contributed by atoms with Crippen LogP contribution in [0.5, 0.6) is 11.5 Å². The maximum atomic E-state index is 13.4. The van der Waals surface area contributed by atoms with Crippen LogP contribution in [0.3, 0.4) is 0 Å². The molecule has 3 aliphatic heterocycles. The molecule has 3 heterocycles. The van der Waals surface area contributed by atoms with E-state index < -0.39 is 11.7 Å². The van der Waals surface area contributed by atoms with Crippen molar-refractivity contribution in [1.29, 1.82) is 0 Å². The Bertz CT molecular complexity index is 2860. The van der Waals surface area contributed by atoms with Gasteiger partial charge in [0.25, 0.3) is 0 Å². The molecule has 3 aliphatic rings. The number of amides is 6. The second-order valence-corrected chi connectivity index (χ2v) is 25.3. The molecule has 0 radical (unpaired) electrons. The van der Waals surface area contributed by atoms with Crippen LogP contribution in [-0.4, -0.2) is 143 Å². The molecule has 494 valence electrons. The number of hydrogen-bond donors (Lipinski definition) is 3. The molecular formula is C73H106F3N9O5. The van der Waals surface area contributed by atoms with Crippen molar-refractivity contribution >= 4 is 35.2 Å². The SMILES string of the molecule is CCCC(C)N1CCC(N(Cc2ccccc2)C(=O)Nc2cccc(OC(C)C)c2)CC1.CCCC(C)N1CCC(N(Cc2ccccc2)C(=O)Nc2cccc(OC)c2)CC1.CCCN1CCC(N(CCC(C)C)C(=O)Nc2cccc(C(F)(F)F)c2)CC1. The lowest BCUT2D eigenvalue weighted by molar-refractivity contribution is -0.137. The summed E-state index contributed by atoms with van der Waals surface area (Å²) in [4.78, 5) is 53.0. The molecule has 5 aromatic rings. The highest BCUT2D eigenvalue weighted by Crippen LogP contribution is 2.32. The molecule has 3 saturated heterocycles. The summed E-state index contributed by atoms with van der Waals surface area (Å²) in [6, 6.07) is 41.9. The number of likely N-dealkylation sites (tertiary alicyclic amines) is 3. The van der Waals surface area contributed by atoms with Crippen molar-refractivity contribution in [2.24, 2.45) is 5.92 Å². The second kappa shape index (κ2) is 37.5. The zero-order valence-corrected chi connectivity index (χ0v) is 55.7. The van der Waals surface area contributed by atoms with Gasteiger partial charge in [0.15, 0.2) is 0 Å². The molecule has 0 bridgehead atoms. The molecule has 14 nitrogen and oxygen atoms in total. The number of rotatable bonds is 24. The van der Waals surface area contributed by atoms with E-state index in [0.29, 0.717) is 37.6 Å². The molecule has 2 unspecified atom stereocenters. The maximum absolute atomic E-state index is 13.4. The summed E-state index contributed by atoms with van der Waals surface area (Å²) in [7, 11) is 1.63. The number of carbonyl (C=O) groups excluding carboxylic acids is 3. The maximum Gasteiger partial charge on any atom is 0.416 e. The summed E-state index contributed by atoms with van der Waals surface area (Å²) < 4.78 is 49.9. The third kappa shape index (κ3) is 24.1. The van der Waals surface area contributed by atoms with Crippen molar-refractivity contribution in [1.82, 2.24) is 29.4 Å². The Hall–Kier alpha value is -6.82. The van der Waals surface area contributed by atoms with Gasteiger partial charge in [0, 0.05) is 118 Å². The van der Waals surface area contributed by atoms with E-state index in [9.17, 15) is 27.6 Å². The fourth-order valence-corrected chi connectivity index (χ4v) is 12.4. The van der Waals surface area contributed by atoms with E-state index in [-0.39, 0.29) is 48.0 Å². The number of alkyl halides is 3. The molecule has 0 spiro atoms. The third-order valence-corrected chi connectivity index (χ3v) is 17.4. The summed E-state index contributed by atoms with van der Waals surface area (Å²) in [5, 5.41) is 8.89. The number of urea groups is 3. The minimum atomic E-state index is -4.43. The smallest absolute Gasteiger partial charge is 0.416 e. The van der Waals surface area contributed by atoms with Gasteiger partial charge in [-0.25, -0.2) is 14.4 Å². The van der Waals surface area contributed by atoms with Crippen molar-refractivity contribution in [3.8, 4) is 11.5 Å². The second-order valence-electron chi connectivity index (χ2n) is 25.3. The van der Waals surface area contributed by atoms with Crippen LogP contribution in [0.25, 0.3) is 0 Å². The van der Waals surface area contributed by atoms with Crippen molar-refractivity contribution in [3.63, 3.8) is 0 Å². The molecule has 90 heavy (non-hydrogen) atoms. The van der Waals surface area contributed by atoms with Gasteiger partial charge in [0.05, 0.1) is 18.8 Å². The number of anilines is 3. The summed E-state index contributed by atoms with van der Waals surface area (Å²) in [5.41, 5.74) is 3.25. The Morgan fingerprint density at radius 2 is 0.922 bits per heavy atom. The average molecular weight is 1250 g/mol. The summed E-state index contributed by atoms with van der Waals surface area (Å²) in [6.07, 6.45) is 8.34. The number of nitrogens with zero attached hydrogens (tertiary/aromatic N) is 6. The van der Waals surface area contributed by atoms with Gasteiger partial charge >= 0.3 is 24.3 Å². The van der Waals surface area contributed by atoms with Crippen LogP contribution < -0.4 is 25.4 Å². The number of piperidine rings is 3. The van der Waals surface area contributed by atoms with E-state index in [1.807, 2.05) is 113 Å². The molecule has 0 saturated carbocycles. The Morgan fingerprint density at radius 1 is 0.511 bits per heavy atom. The fourth-order valence-electron chi connectivity index (χ4n) is 12.4. The van der Waals surface area contributed by atoms with E-state index in [1.165, 1.54) is 37.8 Å². The van der Waals surface area contributed by atoms with Crippen molar-refractivity contribution in [2.45, 2.75) is 195 Å². The number of ether oxygens (including phenoxy) is 2. The topological polar surface area (TPSA) is 125 Å². The van der Waals surface area contributed by atoms with E-state index >= 15 is 0 Å². The third-order valence-electron chi connectivity index (χ3n) is 17.4. The number of halogens is 3. The van der Waals surface area contributed by atoms with Crippen LogP contribution in [0.2, 0.25) is 0 Å². The highest BCUT2D eigenvalue weighted by atomic mass is 19.4. The highest BCUT2D eigenvalue weighted by Gasteiger charge is 2.34.